The summed E-state index contributed by atoms with van der Waals surface area (Å²) in [4.78, 5) is 13.5. The van der Waals surface area contributed by atoms with Gasteiger partial charge in [0, 0.05) is 16.6 Å². The van der Waals surface area contributed by atoms with E-state index in [1.165, 1.54) is 11.3 Å². The first-order chi connectivity index (χ1) is 9.20. The van der Waals surface area contributed by atoms with Crippen LogP contribution in [0.5, 0.6) is 0 Å². The Morgan fingerprint density at radius 2 is 1.89 bits per heavy atom. The Morgan fingerprint density at radius 3 is 2.58 bits per heavy atom. The van der Waals surface area contributed by atoms with Crippen molar-refractivity contribution in [2.45, 2.75) is 43.0 Å². The highest BCUT2D eigenvalue weighted by molar-refractivity contribution is 7.98. The van der Waals surface area contributed by atoms with Gasteiger partial charge >= 0.3 is 0 Å². The van der Waals surface area contributed by atoms with Crippen molar-refractivity contribution in [1.29, 1.82) is 0 Å². The van der Waals surface area contributed by atoms with Crippen molar-refractivity contribution in [3.63, 3.8) is 0 Å². The molecule has 0 aromatic heterocycles. The fraction of sp³-hybridized carbons (Fsp3) is 0.533. The molecule has 1 aromatic carbocycles. The highest BCUT2D eigenvalue weighted by Gasteiger charge is 2.26. The minimum absolute atomic E-state index is 0.00738. The number of hydrogen-bond donors (Lipinski definition) is 2. The number of anilines is 1. The van der Waals surface area contributed by atoms with E-state index in [1.807, 2.05) is 30.5 Å². The minimum Gasteiger partial charge on any atom is -0.327 e. The van der Waals surface area contributed by atoms with Gasteiger partial charge in [-0.3, -0.25) is 4.79 Å². The Hall–Kier alpha value is -1.00. The third-order valence-corrected chi connectivity index (χ3v) is 4.51. The van der Waals surface area contributed by atoms with Crippen molar-refractivity contribution in [2.75, 3.05) is 11.6 Å². The molecule has 1 amide bonds. The van der Waals surface area contributed by atoms with E-state index in [1.54, 1.807) is 11.8 Å². The second-order valence-corrected chi connectivity index (χ2v) is 6.01. The predicted octanol–water partition coefficient (Wildman–Crippen LogP) is 3.25. The fourth-order valence-corrected chi connectivity index (χ4v) is 2.98. The van der Waals surface area contributed by atoms with Crippen LogP contribution in [0.3, 0.4) is 0 Å². The molecule has 0 saturated heterocycles. The molecule has 3 N–H and O–H groups in total. The van der Waals surface area contributed by atoms with Gasteiger partial charge < -0.3 is 11.1 Å². The van der Waals surface area contributed by atoms with E-state index in [0.717, 1.165) is 31.4 Å². The molecule has 3 nitrogen and oxygen atoms in total. The van der Waals surface area contributed by atoms with E-state index in [0.29, 0.717) is 0 Å². The standard InChI is InChI=1S/C15H22N2OS/c1-19-12-9-7-11(8-10-12)17-15(18)13-5-3-2-4-6-14(13)16/h7-10,13-14H,2-6,16H2,1H3,(H,17,18). The maximum Gasteiger partial charge on any atom is 0.229 e. The van der Waals surface area contributed by atoms with Gasteiger partial charge in [-0.15, -0.1) is 11.8 Å². The molecule has 0 bridgehead atoms. The number of rotatable bonds is 3. The molecule has 0 radical (unpaired) electrons. The van der Waals surface area contributed by atoms with Gasteiger partial charge in [0.15, 0.2) is 0 Å². The molecule has 2 unspecified atom stereocenters. The fourth-order valence-electron chi connectivity index (χ4n) is 2.57. The summed E-state index contributed by atoms with van der Waals surface area (Å²) < 4.78 is 0. The van der Waals surface area contributed by atoms with Gasteiger partial charge in [-0.2, -0.15) is 0 Å². The van der Waals surface area contributed by atoms with Crippen LogP contribution in [0.25, 0.3) is 0 Å². The van der Waals surface area contributed by atoms with Crippen molar-refractivity contribution in [1.82, 2.24) is 0 Å². The van der Waals surface area contributed by atoms with Gasteiger partial charge in [-0.1, -0.05) is 19.3 Å². The van der Waals surface area contributed by atoms with Gasteiger partial charge in [0.1, 0.15) is 0 Å². The van der Waals surface area contributed by atoms with Crippen LogP contribution >= 0.6 is 11.8 Å². The summed E-state index contributed by atoms with van der Waals surface area (Å²) in [5.74, 6) is 0.0361. The summed E-state index contributed by atoms with van der Waals surface area (Å²) in [6.07, 6.45) is 7.36. The zero-order valence-electron chi connectivity index (χ0n) is 11.4. The minimum atomic E-state index is -0.0391. The SMILES string of the molecule is CSc1ccc(NC(=O)C2CCCCCC2N)cc1. The molecule has 0 spiro atoms. The van der Waals surface area contributed by atoms with Gasteiger partial charge in [0.25, 0.3) is 0 Å². The molecule has 0 aliphatic heterocycles. The number of carbonyl (C=O) groups excluding carboxylic acids is 1. The molecular weight excluding hydrogens is 256 g/mol. The Bertz CT molecular complexity index is 419. The first kappa shape index (κ1) is 14.4. The number of benzene rings is 1. The van der Waals surface area contributed by atoms with Crippen LogP contribution in [-0.4, -0.2) is 18.2 Å². The highest BCUT2D eigenvalue weighted by atomic mass is 32.2. The lowest BCUT2D eigenvalue weighted by Gasteiger charge is -2.20. The quantitative estimate of drug-likeness (QED) is 0.659. The molecule has 104 valence electrons. The molecule has 1 aliphatic carbocycles. The number of nitrogens with one attached hydrogen (secondary N) is 1. The van der Waals surface area contributed by atoms with Crippen LogP contribution in [0, 0.1) is 5.92 Å². The van der Waals surface area contributed by atoms with Gasteiger partial charge in [0.05, 0.1) is 5.92 Å². The summed E-state index contributed by atoms with van der Waals surface area (Å²) in [5.41, 5.74) is 6.98. The summed E-state index contributed by atoms with van der Waals surface area (Å²) in [6, 6.07) is 7.95. The van der Waals surface area contributed by atoms with Crippen molar-refractivity contribution >= 4 is 23.4 Å². The van der Waals surface area contributed by atoms with Crippen LogP contribution in [0.4, 0.5) is 5.69 Å². The number of thioether (sulfide) groups is 1. The second-order valence-electron chi connectivity index (χ2n) is 5.13. The third kappa shape index (κ3) is 3.98. The molecule has 0 heterocycles. The van der Waals surface area contributed by atoms with Crippen LogP contribution in [0.1, 0.15) is 32.1 Å². The number of carbonyl (C=O) groups is 1. The van der Waals surface area contributed by atoms with Crippen molar-refractivity contribution in [3.05, 3.63) is 24.3 Å². The molecule has 1 fully saturated rings. The van der Waals surface area contributed by atoms with Crippen LogP contribution in [-0.2, 0) is 4.79 Å². The Kier molecular flexibility index (Phi) is 5.28. The topological polar surface area (TPSA) is 55.1 Å². The van der Waals surface area contributed by atoms with E-state index in [2.05, 4.69) is 5.32 Å². The van der Waals surface area contributed by atoms with E-state index >= 15 is 0 Å². The molecule has 1 aliphatic rings. The van der Waals surface area contributed by atoms with E-state index in [-0.39, 0.29) is 17.9 Å². The summed E-state index contributed by atoms with van der Waals surface area (Å²) >= 11 is 1.69. The normalized spacial score (nSPS) is 23.7. The lowest BCUT2D eigenvalue weighted by atomic mass is 9.94. The number of amides is 1. The summed E-state index contributed by atoms with van der Waals surface area (Å²) in [5, 5.41) is 2.99. The molecule has 2 atom stereocenters. The van der Waals surface area contributed by atoms with Crippen molar-refractivity contribution in [2.24, 2.45) is 11.7 Å². The Morgan fingerprint density at radius 1 is 1.21 bits per heavy atom. The van der Waals surface area contributed by atoms with Crippen molar-refractivity contribution < 1.29 is 4.79 Å². The molecule has 1 aromatic rings. The largest absolute Gasteiger partial charge is 0.327 e. The van der Waals surface area contributed by atoms with E-state index < -0.39 is 0 Å². The molecule has 19 heavy (non-hydrogen) atoms. The monoisotopic (exact) mass is 278 g/mol. The maximum absolute atomic E-state index is 12.3. The van der Waals surface area contributed by atoms with Crippen molar-refractivity contribution in [3.8, 4) is 0 Å². The average molecular weight is 278 g/mol. The van der Waals surface area contributed by atoms with Gasteiger partial charge in [0.2, 0.25) is 5.91 Å². The lowest BCUT2D eigenvalue weighted by molar-refractivity contribution is -0.120. The predicted molar refractivity (Wildman–Crippen MR) is 81.4 cm³/mol. The zero-order valence-corrected chi connectivity index (χ0v) is 12.2. The highest BCUT2D eigenvalue weighted by Crippen LogP contribution is 2.24. The zero-order chi connectivity index (χ0) is 13.7. The first-order valence-electron chi connectivity index (χ1n) is 6.91. The van der Waals surface area contributed by atoms with Crippen LogP contribution in [0.2, 0.25) is 0 Å². The Labute approximate surface area is 119 Å². The summed E-state index contributed by atoms with van der Waals surface area (Å²) in [7, 11) is 0. The first-order valence-corrected chi connectivity index (χ1v) is 8.13. The van der Waals surface area contributed by atoms with Gasteiger partial charge in [-0.05, 0) is 43.4 Å². The molecule has 1 saturated carbocycles. The van der Waals surface area contributed by atoms with Gasteiger partial charge in [-0.25, -0.2) is 0 Å². The number of nitrogens with two attached hydrogens (primary N) is 1. The van der Waals surface area contributed by atoms with Crippen LogP contribution in [0.15, 0.2) is 29.2 Å². The smallest absolute Gasteiger partial charge is 0.229 e. The molecule has 2 rings (SSSR count). The number of hydrogen-bond acceptors (Lipinski definition) is 3. The average Bonchev–Trinajstić information content (AvgIpc) is 2.64. The van der Waals surface area contributed by atoms with Crippen LogP contribution < -0.4 is 11.1 Å². The second kappa shape index (κ2) is 6.96. The Balaban J connectivity index is 1.98. The summed E-state index contributed by atoms with van der Waals surface area (Å²) in [6.45, 7) is 0. The van der Waals surface area contributed by atoms with E-state index in [4.69, 9.17) is 5.73 Å². The van der Waals surface area contributed by atoms with E-state index in [9.17, 15) is 4.79 Å². The maximum atomic E-state index is 12.3. The third-order valence-electron chi connectivity index (χ3n) is 3.76. The molecular formula is C15H22N2OS. The lowest BCUT2D eigenvalue weighted by Crippen LogP contribution is -2.37. The molecule has 4 heteroatoms.